The quantitative estimate of drug-likeness (QED) is 0.390. The van der Waals surface area contributed by atoms with Gasteiger partial charge in [-0.2, -0.15) is 0 Å². The lowest BCUT2D eigenvalue weighted by Gasteiger charge is -2.12. The Morgan fingerprint density at radius 3 is 2.69 bits per heavy atom. The number of benzene rings is 2. The third kappa shape index (κ3) is 4.38. The molecule has 2 heterocycles. The molecule has 2 aromatic carbocycles. The zero-order valence-electron chi connectivity index (χ0n) is 16.2. The number of methoxy groups -OCH3 is 1. The molecule has 6 heteroatoms. The van der Waals surface area contributed by atoms with Crippen molar-refractivity contribution in [3.63, 3.8) is 0 Å². The number of amides is 1. The van der Waals surface area contributed by atoms with Crippen LogP contribution in [-0.2, 0) is 13.1 Å². The summed E-state index contributed by atoms with van der Waals surface area (Å²) in [6, 6.07) is 20.1. The van der Waals surface area contributed by atoms with Gasteiger partial charge < -0.3 is 14.6 Å². The second-order valence-electron chi connectivity index (χ2n) is 6.94. The summed E-state index contributed by atoms with van der Waals surface area (Å²) in [5.74, 6) is 0.733. The van der Waals surface area contributed by atoms with E-state index in [1.807, 2.05) is 42.5 Å². The van der Waals surface area contributed by atoms with E-state index in [0.29, 0.717) is 18.8 Å². The zero-order valence-corrected chi connectivity index (χ0v) is 18.6. The molecule has 0 radical (unpaired) electrons. The molecular formula is C23H21BrN2O2S. The molecule has 0 saturated carbocycles. The van der Waals surface area contributed by atoms with Crippen molar-refractivity contribution in [1.29, 1.82) is 0 Å². The van der Waals surface area contributed by atoms with Gasteiger partial charge in [-0.3, -0.25) is 4.79 Å². The molecule has 0 aliphatic carbocycles. The summed E-state index contributed by atoms with van der Waals surface area (Å²) >= 11 is 5.19. The van der Waals surface area contributed by atoms with Crippen LogP contribution >= 0.6 is 27.3 Å². The number of hydrogen-bond acceptors (Lipinski definition) is 3. The molecule has 29 heavy (non-hydrogen) atoms. The van der Waals surface area contributed by atoms with Gasteiger partial charge in [-0.1, -0.05) is 42.0 Å². The van der Waals surface area contributed by atoms with Crippen molar-refractivity contribution in [3.05, 3.63) is 86.8 Å². The summed E-state index contributed by atoms with van der Waals surface area (Å²) < 4.78 is 9.55. The molecule has 1 amide bonds. The molecule has 0 saturated heterocycles. The molecule has 148 valence electrons. The zero-order chi connectivity index (χ0) is 20.4. The monoisotopic (exact) mass is 468 g/mol. The van der Waals surface area contributed by atoms with Gasteiger partial charge in [0.25, 0.3) is 5.91 Å². The predicted octanol–water partition coefficient (Wildman–Crippen LogP) is 5.76. The number of aryl methyl sites for hydroxylation is 1. The molecule has 0 bridgehead atoms. The van der Waals surface area contributed by atoms with Crippen LogP contribution in [0.5, 0.6) is 5.75 Å². The van der Waals surface area contributed by atoms with E-state index in [-0.39, 0.29) is 5.91 Å². The second-order valence-corrected chi connectivity index (χ2v) is 9.40. The molecular weight excluding hydrogens is 448 g/mol. The minimum atomic E-state index is -0.0751. The summed E-state index contributed by atoms with van der Waals surface area (Å²) in [5, 5.41) is 3.07. The van der Waals surface area contributed by atoms with Crippen LogP contribution in [0.15, 0.2) is 64.5 Å². The maximum absolute atomic E-state index is 13.0. The van der Waals surface area contributed by atoms with E-state index >= 15 is 0 Å². The number of ether oxygens (including phenoxy) is 1. The first-order valence-corrected chi connectivity index (χ1v) is 10.9. The Morgan fingerprint density at radius 1 is 1.10 bits per heavy atom. The lowest BCUT2D eigenvalue weighted by molar-refractivity contribution is 0.0942. The van der Waals surface area contributed by atoms with Gasteiger partial charge in [0.1, 0.15) is 11.4 Å². The van der Waals surface area contributed by atoms with Crippen LogP contribution in [0.1, 0.15) is 27.2 Å². The van der Waals surface area contributed by atoms with E-state index in [9.17, 15) is 4.79 Å². The smallest absolute Gasteiger partial charge is 0.268 e. The van der Waals surface area contributed by atoms with E-state index in [1.165, 1.54) is 5.56 Å². The van der Waals surface area contributed by atoms with Crippen molar-refractivity contribution in [3.8, 4) is 5.75 Å². The molecule has 0 aliphatic heterocycles. The fourth-order valence-corrected chi connectivity index (χ4v) is 4.98. The van der Waals surface area contributed by atoms with Gasteiger partial charge in [-0.15, -0.1) is 11.3 Å². The number of rotatable bonds is 6. The van der Waals surface area contributed by atoms with E-state index in [1.54, 1.807) is 18.4 Å². The van der Waals surface area contributed by atoms with Crippen LogP contribution in [0.3, 0.4) is 0 Å². The van der Waals surface area contributed by atoms with Crippen molar-refractivity contribution < 1.29 is 9.53 Å². The third-order valence-electron chi connectivity index (χ3n) is 4.80. The molecule has 0 fully saturated rings. The van der Waals surface area contributed by atoms with Gasteiger partial charge in [-0.25, -0.2) is 0 Å². The van der Waals surface area contributed by atoms with Gasteiger partial charge >= 0.3 is 0 Å². The maximum Gasteiger partial charge on any atom is 0.268 e. The van der Waals surface area contributed by atoms with Gasteiger partial charge in [0, 0.05) is 13.1 Å². The number of nitrogens with zero attached hydrogens (tertiary/aromatic N) is 1. The van der Waals surface area contributed by atoms with Crippen LogP contribution in [0.25, 0.3) is 10.2 Å². The highest BCUT2D eigenvalue weighted by atomic mass is 79.9. The number of fused-ring (bicyclic) bond motifs is 1. The molecule has 2 aromatic heterocycles. The van der Waals surface area contributed by atoms with Crippen LogP contribution in [0.2, 0.25) is 0 Å². The predicted molar refractivity (Wildman–Crippen MR) is 122 cm³/mol. The van der Waals surface area contributed by atoms with Gasteiger partial charge in [-0.05, 0) is 58.2 Å². The van der Waals surface area contributed by atoms with Crippen molar-refractivity contribution in [2.24, 2.45) is 0 Å². The Bertz CT molecular complexity index is 1180. The van der Waals surface area contributed by atoms with Crippen molar-refractivity contribution in [1.82, 2.24) is 9.88 Å². The van der Waals surface area contributed by atoms with E-state index in [4.69, 9.17) is 4.74 Å². The molecule has 0 atom stereocenters. The molecule has 4 nitrogen and oxygen atoms in total. The average Bonchev–Trinajstić information content (AvgIpc) is 3.23. The third-order valence-corrected chi connectivity index (χ3v) is 6.38. The minimum absolute atomic E-state index is 0.0751. The lowest BCUT2D eigenvalue weighted by atomic mass is 10.1. The summed E-state index contributed by atoms with van der Waals surface area (Å²) in [5.41, 5.74) is 5.06. The summed E-state index contributed by atoms with van der Waals surface area (Å²) in [4.78, 5) is 13.0. The first kappa shape index (κ1) is 19.7. The largest absolute Gasteiger partial charge is 0.497 e. The van der Waals surface area contributed by atoms with Crippen LogP contribution in [0, 0.1) is 6.92 Å². The van der Waals surface area contributed by atoms with E-state index in [0.717, 1.165) is 30.9 Å². The highest BCUT2D eigenvalue weighted by Gasteiger charge is 2.18. The van der Waals surface area contributed by atoms with Crippen LogP contribution < -0.4 is 10.1 Å². The number of thiophene rings is 1. The van der Waals surface area contributed by atoms with Crippen molar-refractivity contribution in [2.45, 2.75) is 20.0 Å². The Morgan fingerprint density at radius 2 is 1.90 bits per heavy atom. The summed E-state index contributed by atoms with van der Waals surface area (Å²) in [6.45, 7) is 3.15. The molecule has 0 unspecified atom stereocenters. The Balaban J connectivity index is 1.63. The summed E-state index contributed by atoms with van der Waals surface area (Å²) in [7, 11) is 1.66. The van der Waals surface area contributed by atoms with Crippen LogP contribution in [-0.4, -0.2) is 17.6 Å². The summed E-state index contributed by atoms with van der Waals surface area (Å²) in [6.07, 6.45) is 0. The fourth-order valence-electron chi connectivity index (χ4n) is 3.42. The van der Waals surface area contributed by atoms with Crippen LogP contribution in [0.4, 0.5) is 0 Å². The van der Waals surface area contributed by atoms with E-state index in [2.05, 4.69) is 50.9 Å². The maximum atomic E-state index is 13.0. The highest BCUT2D eigenvalue weighted by molar-refractivity contribution is 9.11. The van der Waals surface area contributed by atoms with E-state index < -0.39 is 0 Å². The first-order chi connectivity index (χ1) is 14.0. The number of carbonyl (C=O) groups is 1. The van der Waals surface area contributed by atoms with Gasteiger partial charge in [0.2, 0.25) is 0 Å². The SMILES string of the molecule is COc1cccc(Cn2c(C(=O)NCc3cccc(C)c3)cc3sc(Br)cc32)c1. The fraction of sp³-hybridized carbons (Fsp3) is 0.174. The average molecular weight is 469 g/mol. The number of aromatic nitrogens is 1. The molecule has 0 spiro atoms. The molecule has 1 N–H and O–H groups in total. The Labute approximate surface area is 182 Å². The van der Waals surface area contributed by atoms with Crippen molar-refractivity contribution in [2.75, 3.05) is 7.11 Å². The normalized spacial score (nSPS) is 11.0. The number of nitrogens with one attached hydrogen (secondary N) is 1. The number of carbonyl (C=O) groups excluding carboxylic acids is 1. The number of hydrogen-bond donors (Lipinski definition) is 1. The van der Waals surface area contributed by atoms with Crippen molar-refractivity contribution >= 4 is 43.4 Å². The topological polar surface area (TPSA) is 43.3 Å². The van der Waals surface area contributed by atoms with Gasteiger partial charge in [0.05, 0.1) is 21.1 Å². The van der Waals surface area contributed by atoms with Gasteiger partial charge in [0.15, 0.2) is 0 Å². The lowest BCUT2D eigenvalue weighted by Crippen LogP contribution is -2.25. The highest BCUT2D eigenvalue weighted by Crippen LogP contribution is 2.33. The molecule has 4 rings (SSSR count). The Kier molecular flexibility index (Phi) is 5.74. The standard InChI is InChI=1S/C23H21BrN2O2S/c1-15-5-3-6-16(9-15)13-25-23(27)20-11-21-19(12-22(24)29-21)26(20)14-17-7-4-8-18(10-17)28-2/h3-12H,13-14H2,1-2H3,(H,25,27). The number of halogens is 1. The minimum Gasteiger partial charge on any atom is -0.497 e. The molecule has 0 aliphatic rings. The second kappa shape index (κ2) is 8.43. The Hall–Kier alpha value is -2.57. The first-order valence-electron chi connectivity index (χ1n) is 9.29. The molecule has 4 aromatic rings.